The van der Waals surface area contributed by atoms with Crippen LogP contribution in [0, 0.1) is 5.82 Å². The summed E-state index contributed by atoms with van der Waals surface area (Å²) < 4.78 is 47.0. The highest BCUT2D eigenvalue weighted by molar-refractivity contribution is 7.89. The first-order chi connectivity index (χ1) is 20.9. The third-order valence-corrected chi connectivity index (χ3v) is 8.79. The second kappa shape index (κ2) is 13.7. The summed E-state index contributed by atoms with van der Waals surface area (Å²) in [6.45, 7) is 2.27. The van der Waals surface area contributed by atoms with Crippen molar-refractivity contribution in [1.29, 1.82) is 0 Å². The highest BCUT2D eigenvalue weighted by Crippen LogP contribution is 2.22. The van der Waals surface area contributed by atoms with Crippen molar-refractivity contribution < 1.29 is 22.3 Å². The number of nitrogens with two attached hydrogens (primary N) is 1. The van der Waals surface area contributed by atoms with E-state index in [1.54, 1.807) is 53.5 Å². The minimum atomic E-state index is -3.57. The standard InChI is InChI=1S/C24H22FN5O4S.C7H9N/c25-18-3-5-19(6-4-18)30-23-16-26-14-22(21(23)15-28-30)24(31)27-13-17-1-7-20(8-2-17)35(32,33)29-9-11-34-12-10-29;8-6-7-4-2-1-3-5-7/h1-8,14-16H,9-13H2,(H,27,31);1-5H,6,8H2. The highest BCUT2D eigenvalue weighted by Gasteiger charge is 2.26. The maximum Gasteiger partial charge on any atom is 0.253 e. The van der Waals surface area contributed by atoms with Gasteiger partial charge in [0, 0.05) is 37.8 Å². The van der Waals surface area contributed by atoms with Crippen LogP contribution in [0.15, 0.2) is 102 Å². The number of nitrogens with one attached hydrogen (secondary N) is 1. The molecule has 3 N–H and O–H groups in total. The van der Waals surface area contributed by atoms with Crippen LogP contribution in [0.1, 0.15) is 21.5 Å². The average Bonchev–Trinajstić information content (AvgIpc) is 3.50. The lowest BCUT2D eigenvalue weighted by Gasteiger charge is -2.26. The second-order valence-electron chi connectivity index (χ2n) is 9.69. The Bertz CT molecular complexity index is 1770. The van der Waals surface area contributed by atoms with E-state index in [1.807, 2.05) is 30.3 Å². The van der Waals surface area contributed by atoms with Crippen LogP contribution in [0.5, 0.6) is 0 Å². The van der Waals surface area contributed by atoms with Gasteiger partial charge in [-0.15, -0.1) is 0 Å². The van der Waals surface area contributed by atoms with Gasteiger partial charge in [0.05, 0.1) is 47.3 Å². The summed E-state index contributed by atoms with van der Waals surface area (Å²) >= 11 is 0. The summed E-state index contributed by atoms with van der Waals surface area (Å²) in [5.74, 6) is -0.693. The molecule has 12 heteroatoms. The first kappa shape index (κ1) is 30.0. The van der Waals surface area contributed by atoms with E-state index in [-0.39, 0.29) is 23.2 Å². The van der Waals surface area contributed by atoms with Crippen LogP contribution in [-0.4, -0.2) is 59.7 Å². The van der Waals surface area contributed by atoms with E-state index in [0.717, 1.165) is 5.56 Å². The molecule has 1 aliphatic rings. The number of carbonyl (C=O) groups excluding carboxylic acids is 1. The number of pyridine rings is 1. The topological polar surface area (TPSA) is 132 Å². The Morgan fingerprint density at radius 1 is 0.907 bits per heavy atom. The van der Waals surface area contributed by atoms with Crippen molar-refractivity contribution >= 4 is 26.8 Å². The normalized spacial score (nSPS) is 13.7. The molecule has 1 aliphatic heterocycles. The van der Waals surface area contributed by atoms with Gasteiger partial charge in [0.25, 0.3) is 5.91 Å². The molecule has 10 nitrogen and oxygen atoms in total. The van der Waals surface area contributed by atoms with Crippen molar-refractivity contribution in [3.8, 4) is 5.69 Å². The lowest BCUT2D eigenvalue weighted by atomic mass is 10.1. The fourth-order valence-electron chi connectivity index (χ4n) is 4.52. The van der Waals surface area contributed by atoms with Crippen LogP contribution < -0.4 is 11.1 Å². The van der Waals surface area contributed by atoms with Crippen molar-refractivity contribution in [2.24, 2.45) is 5.73 Å². The van der Waals surface area contributed by atoms with E-state index < -0.39 is 10.0 Å². The second-order valence-corrected chi connectivity index (χ2v) is 11.6. The molecule has 5 aromatic rings. The van der Waals surface area contributed by atoms with E-state index in [9.17, 15) is 17.6 Å². The number of fused-ring (bicyclic) bond motifs is 1. The molecule has 0 saturated carbocycles. The third kappa shape index (κ3) is 7.12. The van der Waals surface area contributed by atoms with Gasteiger partial charge in [-0.2, -0.15) is 9.40 Å². The number of nitrogens with zero attached hydrogens (tertiary/aromatic N) is 4. The molecule has 1 amide bonds. The van der Waals surface area contributed by atoms with Crippen molar-refractivity contribution in [3.05, 3.63) is 120 Å². The van der Waals surface area contributed by atoms with Gasteiger partial charge in [-0.3, -0.25) is 9.78 Å². The molecule has 3 aromatic carbocycles. The molecular formula is C31H31FN6O4S. The zero-order valence-electron chi connectivity index (χ0n) is 23.3. The van der Waals surface area contributed by atoms with Gasteiger partial charge in [0.15, 0.2) is 0 Å². The third-order valence-electron chi connectivity index (χ3n) is 6.88. The summed E-state index contributed by atoms with van der Waals surface area (Å²) in [6.07, 6.45) is 4.63. The number of rotatable bonds is 7. The van der Waals surface area contributed by atoms with Gasteiger partial charge in [0.2, 0.25) is 10.0 Å². The number of aromatic nitrogens is 3. The van der Waals surface area contributed by atoms with Crippen LogP contribution in [0.25, 0.3) is 16.6 Å². The molecule has 1 fully saturated rings. The Morgan fingerprint density at radius 2 is 1.60 bits per heavy atom. The Hall–Kier alpha value is -4.49. The van der Waals surface area contributed by atoms with Crippen LogP contribution in [-0.2, 0) is 27.8 Å². The number of amides is 1. The summed E-state index contributed by atoms with van der Waals surface area (Å²) in [5, 5.41) is 7.78. The molecule has 43 heavy (non-hydrogen) atoms. The van der Waals surface area contributed by atoms with Gasteiger partial charge in [-0.25, -0.2) is 17.5 Å². The molecule has 0 spiro atoms. The lowest BCUT2D eigenvalue weighted by Crippen LogP contribution is -2.40. The Labute approximate surface area is 249 Å². The molecule has 0 radical (unpaired) electrons. The van der Waals surface area contributed by atoms with Crippen LogP contribution in [0.4, 0.5) is 4.39 Å². The maximum atomic E-state index is 13.3. The van der Waals surface area contributed by atoms with Crippen LogP contribution in [0.3, 0.4) is 0 Å². The van der Waals surface area contributed by atoms with Gasteiger partial charge >= 0.3 is 0 Å². The molecule has 0 atom stereocenters. The number of benzene rings is 3. The summed E-state index contributed by atoms with van der Waals surface area (Å²) in [4.78, 5) is 17.3. The molecular weight excluding hydrogens is 571 g/mol. The summed E-state index contributed by atoms with van der Waals surface area (Å²) in [6, 6.07) is 22.3. The molecule has 0 aliphatic carbocycles. The fourth-order valence-corrected chi connectivity index (χ4v) is 5.93. The number of carbonyl (C=O) groups is 1. The van der Waals surface area contributed by atoms with Crippen molar-refractivity contribution in [1.82, 2.24) is 24.4 Å². The molecule has 6 rings (SSSR count). The number of morpholine rings is 1. The number of halogens is 1. The molecule has 0 unspecified atom stereocenters. The van der Waals surface area contributed by atoms with Gasteiger partial charge < -0.3 is 15.8 Å². The first-order valence-electron chi connectivity index (χ1n) is 13.6. The van der Waals surface area contributed by atoms with E-state index in [0.29, 0.717) is 55.0 Å². The van der Waals surface area contributed by atoms with Gasteiger partial charge in [-0.1, -0.05) is 42.5 Å². The molecule has 2 aromatic heterocycles. The number of ether oxygens (including phenoxy) is 1. The summed E-state index contributed by atoms with van der Waals surface area (Å²) in [7, 11) is -3.57. The number of hydrogen-bond donors (Lipinski definition) is 2. The number of sulfonamides is 1. The van der Waals surface area contributed by atoms with E-state index >= 15 is 0 Å². The largest absolute Gasteiger partial charge is 0.379 e. The average molecular weight is 603 g/mol. The Kier molecular flexibility index (Phi) is 9.52. The van der Waals surface area contributed by atoms with E-state index in [2.05, 4.69) is 15.4 Å². The minimum Gasteiger partial charge on any atom is -0.379 e. The van der Waals surface area contributed by atoms with Gasteiger partial charge in [0.1, 0.15) is 5.82 Å². The van der Waals surface area contributed by atoms with Crippen LogP contribution in [0.2, 0.25) is 0 Å². The fraction of sp³-hybridized carbons (Fsp3) is 0.194. The predicted molar refractivity (Wildman–Crippen MR) is 160 cm³/mol. The van der Waals surface area contributed by atoms with Crippen LogP contribution >= 0.6 is 0 Å². The SMILES string of the molecule is NCc1ccccc1.O=C(NCc1ccc(S(=O)(=O)N2CCOCC2)cc1)c1cncc2c1cnn2-c1ccc(F)cc1. The zero-order chi connectivity index (χ0) is 30.2. The first-order valence-corrected chi connectivity index (χ1v) is 15.1. The Balaban J connectivity index is 0.000000400. The molecule has 222 valence electrons. The molecule has 3 heterocycles. The highest BCUT2D eigenvalue weighted by atomic mass is 32.2. The lowest BCUT2D eigenvalue weighted by molar-refractivity contribution is 0.0730. The molecule has 1 saturated heterocycles. The molecule has 0 bridgehead atoms. The minimum absolute atomic E-state index is 0.205. The van der Waals surface area contributed by atoms with Crippen molar-refractivity contribution in [3.63, 3.8) is 0 Å². The van der Waals surface area contributed by atoms with E-state index in [4.69, 9.17) is 10.5 Å². The van der Waals surface area contributed by atoms with E-state index in [1.165, 1.54) is 28.2 Å². The number of hydrogen-bond acceptors (Lipinski definition) is 7. The Morgan fingerprint density at radius 3 is 2.26 bits per heavy atom. The quantitative estimate of drug-likeness (QED) is 0.291. The zero-order valence-corrected chi connectivity index (χ0v) is 24.1. The monoisotopic (exact) mass is 602 g/mol. The predicted octanol–water partition coefficient (Wildman–Crippen LogP) is 3.66. The van der Waals surface area contributed by atoms with Gasteiger partial charge in [-0.05, 0) is 47.5 Å². The summed E-state index contributed by atoms with van der Waals surface area (Å²) in [5.41, 5.74) is 8.90. The smallest absolute Gasteiger partial charge is 0.253 e. The van der Waals surface area contributed by atoms with Crippen molar-refractivity contribution in [2.75, 3.05) is 26.3 Å². The maximum absolute atomic E-state index is 13.3. The van der Waals surface area contributed by atoms with Crippen molar-refractivity contribution in [2.45, 2.75) is 18.0 Å².